The van der Waals surface area contributed by atoms with Crippen molar-refractivity contribution in [1.82, 2.24) is 9.44 Å². The minimum absolute atomic E-state index is 0.0157. The fourth-order valence-electron chi connectivity index (χ4n) is 1.55. The van der Waals surface area contributed by atoms with Crippen LogP contribution in [-0.4, -0.2) is 37.2 Å². The van der Waals surface area contributed by atoms with Gasteiger partial charge in [-0.05, 0) is 30.0 Å². The molecule has 118 valence electrons. The Bertz CT molecular complexity index is 569. The first-order valence-electron chi connectivity index (χ1n) is 6.47. The van der Waals surface area contributed by atoms with E-state index < -0.39 is 22.2 Å². The zero-order chi connectivity index (χ0) is 16.0. The Morgan fingerprint density at radius 3 is 2.29 bits per heavy atom. The van der Waals surface area contributed by atoms with Gasteiger partial charge in [0.2, 0.25) is 0 Å². The van der Waals surface area contributed by atoms with Crippen LogP contribution in [0.3, 0.4) is 0 Å². The molecule has 0 radical (unpaired) electrons. The number of phenols is 1. The summed E-state index contributed by atoms with van der Waals surface area (Å²) in [5.74, 6) is -1.09. The summed E-state index contributed by atoms with van der Waals surface area (Å²) < 4.78 is 27.9. The normalized spacial score (nSPS) is 13.3. The van der Waals surface area contributed by atoms with E-state index in [2.05, 4.69) is 9.44 Å². The van der Waals surface area contributed by atoms with Crippen molar-refractivity contribution in [3.63, 3.8) is 0 Å². The van der Waals surface area contributed by atoms with Gasteiger partial charge >= 0.3 is 5.97 Å². The highest BCUT2D eigenvalue weighted by Crippen LogP contribution is 2.11. The molecule has 0 spiro atoms. The van der Waals surface area contributed by atoms with Gasteiger partial charge in [0.25, 0.3) is 10.2 Å². The van der Waals surface area contributed by atoms with Crippen LogP contribution in [0.1, 0.15) is 19.4 Å². The van der Waals surface area contributed by atoms with E-state index in [-0.39, 0.29) is 24.6 Å². The predicted molar refractivity (Wildman–Crippen MR) is 78.1 cm³/mol. The first-order valence-corrected chi connectivity index (χ1v) is 7.95. The zero-order valence-electron chi connectivity index (χ0n) is 11.9. The van der Waals surface area contributed by atoms with Gasteiger partial charge in [0.05, 0.1) is 0 Å². The van der Waals surface area contributed by atoms with E-state index in [1.807, 2.05) is 13.8 Å². The molecule has 0 aliphatic heterocycles. The minimum atomic E-state index is -3.88. The third kappa shape index (κ3) is 6.56. The van der Waals surface area contributed by atoms with E-state index in [0.717, 1.165) is 0 Å². The molecule has 0 unspecified atom stereocenters. The maximum Gasteiger partial charge on any atom is 0.322 e. The number of carboxylic acids is 1. The summed E-state index contributed by atoms with van der Waals surface area (Å²) in [5, 5.41) is 18.3. The molecule has 1 aromatic carbocycles. The lowest BCUT2D eigenvalue weighted by atomic mass is 10.1. The first-order chi connectivity index (χ1) is 9.69. The van der Waals surface area contributed by atoms with Crippen LogP contribution in [0.2, 0.25) is 0 Å². The quantitative estimate of drug-likeness (QED) is 0.556. The zero-order valence-corrected chi connectivity index (χ0v) is 12.7. The lowest BCUT2D eigenvalue weighted by Gasteiger charge is -2.16. The molecule has 1 aromatic rings. The minimum Gasteiger partial charge on any atom is -0.508 e. The van der Waals surface area contributed by atoms with E-state index in [1.54, 1.807) is 12.1 Å². The number of carboxylic acid groups (broad SMARTS) is 1. The molecule has 0 aliphatic carbocycles. The fraction of sp³-hybridized carbons (Fsp3) is 0.462. The van der Waals surface area contributed by atoms with Gasteiger partial charge in [-0.2, -0.15) is 13.1 Å². The third-order valence-corrected chi connectivity index (χ3v) is 3.79. The molecule has 0 saturated carbocycles. The van der Waals surface area contributed by atoms with Gasteiger partial charge in [-0.25, -0.2) is 4.72 Å². The summed E-state index contributed by atoms with van der Waals surface area (Å²) in [5.41, 5.74) is 0.603. The molecule has 7 nitrogen and oxygen atoms in total. The van der Waals surface area contributed by atoms with Gasteiger partial charge in [0.1, 0.15) is 11.8 Å². The van der Waals surface area contributed by atoms with Crippen molar-refractivity contribution in [2.45, 2.75) is 26.3 Å². The molecule has 8 heteroatoms. The Morgan fingerprint density at radius 1 is 1.24 bits per heavy atom. The lowest BCUT2D eigenvalue weighted by Crippen LogP contribution is -2.48. The molecular weight excluding hydrogens is 296 g/mol. The highest BCUT2D eigenvalue weighted by molar-refractivity contribution is 7.87. The number of phenolic OH excluding ortho intramolecular Hbond substituents is 1. The van der Waals surface area contributed by atoms with Gasteiger partial charge in [-0.15, -0.1) is 0 Å². The molecule has 0 bridgehead atoms. The van der Waals surface area contributed by atoms with Gasteiger partial charge in [0.15, 0.2) is 0 Å². The van der Waals surface area contributed by atoms with Crippen LogP contribution in [0.25, 0.3) is 0 Å². The van der Waals surface area contributed by atoms with Gasteiger partial charge in [-0.1, -0.05) is 26.0 Å². The second kappa shape index (κ2) is 7.39. The molecule has 1 rings (SSSR count). The standard InChI is InChI=1S/C13H20N2O5S/c1-9(2)8-14-21(19,20)15-12(13(17)18)7-10-3-5-11(16)6-4-10/h3-6,9,12,14-16H,7-8H2,1-2H3,(H,17,18)/t12-/m1/s1. The SMILES string of the molecule is CC(C)CNS(=O)(=O)N[C@H](Cc1ccc(O)cc1)C(=O)O. The number of benzene rings is 1. The Labute approximate surface area is 124 Å². The van der Waals surface area contributed by atoms with Crippen LogP contribution >= 0.6 is 0 Å². The highest BCUT2D eigenvalue weighted by Gasteiger charge is 2.24. The summed E-state index contributed by atoms with van der Waals surface area (Å²) in [6.07, 6.45) is -0.0157. The van der Waals surface area contributed by atoms with Crippen molar-refractivity contribution in [1.29, 1.82) is 0 Å². The molecule has 1 atom stereocenters. The van der Waals surface area contributed by atoms with E-state index in [4.69, 9.17) is 5.11 Å². The second-order valence-corrected chi connectivity index (χ2v) is 6.66. The van der Waals surface area contributed by atoms with E-state index in [1.165, 1.54) is 12.1 Å². The fourth-order valence-corrected chi connectivity index (χ4v) is 2.75. The molecule has 21 heavy (non-hydrogen) atoms. The summed E-state index contributed by atoms with van der Waals surface area (Å²) in [7, 11) is -3.88. The lowest BCUT2D eigenvalue weighted by molar-refractivity contribution is -0.138. The van der Waals surface area contributed by atoms with E-state index >= 15 is 0 Å². The Hall–Kier alpha value is -1.64. The Kier molecular flexibility index (Phi) is 6.13. The maximum absolute atomic E-state index is 11.8. The molecular formula is C13H20N2O5S. The smallest absolute Gasteiger partial charge is 0.322 e. The summed E-state index contributed by atoms with van der Waals surface area (Å²) in [6, 6.07) is 4.64. The van der Waals surface area contributed by atoms with E-state index in [0.29, 0.717) is 5.56 Å². The van der Waals surface area contributed by atoms with Crippen molar-refractivity contribution in [2.24, 2.45) is 5.92 Å². The molecule has 0 aliphatic rings. The van der Waals surface area contributed by atoms with Gasteiger partial charge in [-0.3, -0.25) is 4.79 Å². The number of aromatic hydroxyl groups is 1. The van der Waals surface area contributed by atoms with Crippen molar-refractivity contribution in [3.05, 3.63) is 29.8 Å². The number of hydrogen-bond acceptors (Lipinski definition) is 4. The van der Waals surface area contributed by atoms with Crippen LogP contribution in [0.15, 0.2) is 24.3 Å². The summed E-state index contributed by atoms with van der Waals surface area (Å²) in [4.78, 5) is 11.2. The molecule has 0 amide bonds. The van der Waals surface area contributed by atoms with Gasteiger partial charge in [0, 0.05) is 6.54 Å². The number of carbonyl (C=O) groups is 1. The molecule has 4 N–H and O–H groups in total. The van der Waals surface area contributed by atoms with Crippen molar-refractivity contribution >= 4 is 16.2 Å². The van der Waals surface area contributed by atoms with Crippen LogP contribution in [0, 0.1) is 5.92 Å². The van der Waals surface area contributed by atoms with Gasteiger partial charge < -0.3 is 10.2 Å². The maximum atomic E-state index is 11.8. The number of hydrogen-bond donors (Lipinski definition) is 4. The highest BCUT2D eigenvalue weighted by atomic mass is 32.2. The Morgan fingerprint density at radius 2 is 1.81 bits per heavy atom. The van der Waals surface area contributed by atoms with Crippen LogP contribution < -0.4 is 9.44 Å². The molecule has 0 heterocycles. The molecule has 0 aromatic heterocycles. The topological polar surface area (TPSA) is 116 Å². The van der Waals surface area contributed by atoms with Crippen LogP contribution in [0.4, 0.5) is 0 Å². The number of aliphatic carboxylic acids is 1. The van der Waals surface area contributed by atoms with Crippen molar-refractivity contribution in [2.75, 3.05) is 6.54 Å². The predicted octanol–water partition coefficient (Wildman–Crippen LogP) is 0.468. The monoisotopic (exact) mass is 316 g/mol. The van der Waals surface area contributed by atoms with E-state index in [9.17, 15) is 18.3 Å². The average Bonchev–Trinajstić information content (AvgIpc) is 2.38. The summed E-state index contributed by atoms with van der Waals surface area (Å²) in [6.45, 7) is 3.90. The third-order valence-electron chi connectivity index (χ3n) is 2.65. The first kappa shape index (κ1) is 17.4. The van der Waals surface area contributed by atoms with Crippen molar-refractivity contribution < 1.29 is 23.4 Å². The van der Waals surface area contributed by atoms with Crippen LogP contribution in [-0.2, 0) is 21.4 Å². The summed E-state index contributed by atoms with van der Waals surface area (Å²) >= 11 is 0. The molecule has 0 fully saturated rings. The molecule has 0 saturated heterocycles. The number of nitrogens with one attached hydrogen (secondary N) is 2. The largest absolute Gasteiger partial charge is 0.508 e. The van der Waals surface area contributed by atoms with Crippen LogP contribution in [0.5, 0.6) is 5.75 Å². The second-order valence-electron chi connectivity index (χ2n) is 5.12. The Balaban J connectivity index is 2.74. The van der Waals surface area contributed by atoms with Crippen molar-refractivity contribution in [3.8, 4) is 5.75 Å². The number of rotatable bonds is 8. The average molecular weight is 316 g/mol.